The van der Waals surface area contributed by atoms with Crippen LogP contribution in [0, 0.1) is 13.8 Å². The summed E-state index contributed by atoms with van der Waals surface area (Å²) in [6.07, 6.45) is 1.74. The number of benzene rings is 3. The largest absolute Gasteiger partial charge is 0.452 e. The van der Waals surface area contributed by atoms with E-state index in [9.17, 15) is 9.59 Å². The fourth-order valence-electron chi connectivity index (χ4n) is 3.18. The van der Waals surface area contributed by atoms with E-state index in [-0.39, 0.29) is 11.5 Å². The summed E-state index contributed by atoms with van der Waals surface area (Å²) in [7, 11) is 0. The van der Waals surface area contributed by atoms with Crippen LogP contribution in [0.25, 0.3) is 6.08 Å². The number of allylic oxidation sites excluding steroid dienone is 1. The lowest BCUT2D eigenvalue weighted by Gasteiger charge is -2.08. The summed E-state index contributed by atoms with van der Waals surface area (Å²) in [5.74, 6) is 0.338. The monoisotopic (exact) mass is 448 g/mol. The maximum Gasteiger partial charge on any atom is 0.343 e. The minimum Gasteiger partial charge on any atom is -0.452 e. The first-order valence-electron chi connectivity index (χ1n) is 9.04. The van der Waals surface area contributed by atoms with Crippen LogP contribution in [0.15, 0.2) is 70.9 Å². The number of hydrogen-bond donors (Lipinski definition) is 0. The van der Waals surface area contributed by atoms with Gasteiger partial charge in [0.05, 0.1) is 11.1 Å². The van der Waals surface area contributed by atoms with Crippen LogP contribution in [-0.4, -0.2) is 11.8 Å². The number of ether oxygens (including phenoxy) is 2. The van der Waals surface area contributed by atoms with Crippen LogP contribution in [0.2, 0.25) is 0 Å². The Hall–Kier alpha value is -3.18. The molecular formula is C24H17BrO4. The molecule has 1 aliphatic rings. The average Bonchev–Trinajstić information content (AvgIpc) is 3.00. The molecule has 0 saturated heterocycles. The van der Waals surface area contributed by atoms with E-state index in [4.69, 9.17) is 9.47 Å². The number of halogens is 1. The van der Waals surface area contributed by atoms with E-state index >= 15 is 0 Å². The lowest BCUT2D eigenvalue weighted by Crippen LogP contribution is -2.08. The first-order chi connectivity index (χ1) is 13.9. The SMILES string of the molecule is Cc1ccccc1/C=C1\Oc2cc(OC(=O)c3ccc(Br)cc3)cc(C)c2C1=O. The smallest absolute Gasteiger partial charge is 0.343 e. The van der Waals surface area contributed by atoms with Gasteiger partial charge in [0.2, 0.25) is 5.78 Å². The molecule has 0 aromatic heterocycles. The van der Waals surface area contributed by atoms with Gasteiger partial charge in [-0.05, 0) is 66.9 Å². The number of hydrogen-bond acceptors (Lipinski definition) is 4. The molecule has 0 saturated carbocycles. The van der Waals surface area contributed by atoms with Gasteiger partial charge in [0.25, 0.3) is 0 Å². The number of carbonyl (C=O) groups is 2. The standard InChI is InChI=1S/C24H17BrO4/c1-14-5-3-4-6-17(14)12-21-23(26)22-15(2)11-19(13-20(22)29-21)28-24(27)16-7-9-18(25)10-8-16/h3-13H,1-2H3/b21-12-. The molecule has 0 bridgehead atoms. The van der Waals surface area contributed by atoms with E-state index in [0.29, 0.717) is 28.2 Å². The van der Waals surface area contributed by atoms with Gasteiger partial charge in [0.1, 0.15) is 11.5 Å². The molecule has 1 heterocycles. The molecule has 0 unspecified atom stereocenters. The number of carbonyl (C=O) groups excluding carboxylic acids is 2. The van der Waals surface area contributed by atoms with Gasteiger partial charge in [0.15, 0.2) is 5.76 Å². The first kappa shape index (κ1) is 19.2. The molecule has 144 valence electrons. The number of aryl methyl sites for hydroxylation is 2. The van der Waals surface area contributed by atoms with Crippen LogP contribution >= 0.6 is 15.9 Å². The van der Waals surface area contributed by atoms with Crippen LogP contribution in [0.3, 0.4) is 0 Å². The molecule has 0 radical (unpaired) electrons. The normalized spacial score (nSPS) is 13.9. The predicted octanol–water partition coefficient (Wildman–Crippen LogP) is 5.90. The fourth-order valence-corrected chi connectivity index (χ4v) is 3.44. The molecule has 0 spiro atoms. The lowest BCUT2D eigenvalue weighted by atomic mass is 10.0. The Morgan fingerprint density at radius 3 is 2.45 bits per heavy atom. The molecule has 0 fully saturated rings. The number of rotatable bonds is 3. The highest BCUT2D eigenvalue weighted by Gasteiger charge is 2.30. The van der Waals surface area contributed by atoms with Crippen molar-refractivity contribution in [1.82, 2.24) is 0 Å². The van der Waals surface area contributed by atoms with Crippen LogP contribution in [0.1, 0.15) is 37.4 Å². The highest BCUT2D eigenvalue weighted by atomic mass is 79.9. The Kier molecular flexibility index (Phi) is 5.07. The second-order valence-corrected chi connectivity index (χ2v) is 7.72. The van der Waals surface area contributed by atoms with Crippen LogP contribution < -0.4 is 9.47 Å². The van der Waals surface area contributed by atoms with Crippen molar-refractivity contribution < 1.29 is 19.1 Å². The minimum atomic E-state index is -0.475. The van der Waals surface area contributed by atoms with Crippen LogP contribution in [-0.2, 0) is 0 Å². The summed E-state index contributed by atoms with van der Waals surface area (Å²) in [6.45, 7) is 3.78. The fraction of sp³-hybridized carbons (Fsp3) is 0.0833. The molecule has 0 atom stereocenters. The van der Waals surface area contributed by atoms with Crippen molar-refractivity contribution in [2.24, 2.45) is 0 Å². The summed E-state index contributed by atoms with van der Waals surface area (Å²) in [5, 5.41) is 0. The van der Waals surface area contributed by atoms with Gasteiger partial charge in [-0.1, -0.05) is 40.2 Å². The maximum absolute atomic E-state index is 12.8. The zero-order valence-corrected chi connectivity index (χ0v) is 17.4. The Balaban J connectivity index is 1.62. The third-order valence-corrected chi connectivity index (χ3v) is 5.24. The van der Waals surface area contributed by atoms with E-state index in [0.717, 1.165) is 15.6 Å². The van der Waals surface area contributed by atoms with Gasteiger partial charge in [0, 0.05) is 10.5 Å². The molecule has 1 aliphatic heterocycles. The number of esters is 1. The summed E-state index contributed by atoms with van der Waals surface area (Å²) in [4.78, 5) is 25.2. The molecule has 4 nitrogen and oxygen atoms in total. The summed E-state index contributed by atoms with van der Waals surface area (Å²) in [6, 6.07) is 17.9. The van der Waals surface area contributed by atoms with Crippen molar-refractivity contribution >= 4 is 33.8 Å². The van der Waals surface area contributed by atoms with Crippen molar-refractivity contribution in [1.29, 1.82) is 0 Å². The number of Topliss-reactive ketones (excluding diaryl/α,β-unsaturated/α-hetero) is 1. The van der Waals surface area contributed by atoms with Crippen molar-refractivity contribution in [3.63, 3.8) is 0 Å². The minimum absolute atomic E-state index is 0.175. The number of fused-ring (bicyclic) bond motifs is 1. The zero-order valence-electron chi connectivity index (χ0n) is 15.9. The second kappa shape index (κ2) is 7.68. The third-order valence-electron chi connectivity index (χ3n) is 4.71. The molecule has 3 aromatic rings. The quantitative estimate of drug-likeness (QED) is 0.284. The zero-order chi connectivity index (χ0) is 20.5. The van der Waals surface area contributed by atoms with Gasteiger partial charge in [-0.25, -0.2) is 4.79 Å². The number of ketones is 1. The highest BCUT2D eigenvalue weighted by molar-refractivity contribution is 9.10. The van der Waals surface area contributed by atoms with Crippen LogP contribution in [0.5, 0.6) is 11.5 Å². The topological polar surface area (TPSA) is 52.6 Å². The van der Waals surface area contributed by atoms with Crippen molar-refractivity contribution in [3.05, 3.63) is 98.7 Å². The van der Waals surface area contributed by atoms with E-state index in [1.807, 2.05) is 31.2 Å². The van der Waals surface area contributed by atoms with E-state index in [1.54, 1.807) is 49.4 Å². The van der Waals surface area contributed by atoms with Crippen molar-refractivity contribution in [2.45, 2.75) is 13.8 Å². The highest BCUT2D eigenvalue weighted by Crippen LogP contribution is 2.38. The average molecular weight is 449 g/mol. The Morgan fingerprint density at radius 2 is 1.72 bits per heavy atom. The van der Waals surface area contributed by atoms with E-state index < -0.39 is 5.97 Å². The molecule has 4 rings (SSSR count). The van der Waals surface area contributed by atoms with Crippen molar-refractivity contribution in [2.75, 3.05) is 0 Å². The summed E-state index contributed by atoms with van der Waals surface area (Å²) >= 11 is 3.34. The van der Waals surface area contributed by atoms with Crippen LogP contribution in [0.4, 0.5) is 0 Å². The van der Waals surface area contributed by atoms with Crippen molar-refractivity contribution in [3.8, 4) is 11.5 Å². The molecule has 29 heavy (non-hydrogen) atoms. The molecule has 3 aromatic carbocycles. The summed E-state index contributed by atoms with van der Waals surface area (Å²) in [5.41, 5.74) is 3.59. The molecule has 0 aliphatic carbocycles. The van der Waals surface area contributed by atoms with Gasteiger partial charge in [-0.3, -0.25) is 4.79 Å². The van der Waals surface area contributed by atoms with Gasteiger partial charge >= 0.3 is 5.97 Å². The predicted molar refractivity (Wildman–Crippen MR) is 114 cm³/mol. The molecular weight excluding hydrogens is 432 g/mol. The Morgan fingerprint density at radius 1 is 1.00 bits per heavy atom. The van der Waals surface area contributed by atoms with Gasteiger partial charge in [-0.15, -0.1) is 0 Å². The Labute approximate surface area is 176 Å². The third kappa shape index (κ3) is 3.87. The maximum atomic E-state index is 12.8. The van der Waals surface area contributed by atoms with E-state index in [2.05, 4.69) is 15.9 Å². The van der Waals surface area contributed by atoms with Gasteiger partial charge in [-0.2, -0.15) is 0 Å². The Bertz CT molecular complexity index is 1160. The lowest BCUT2D eigenvalue weighted by molar-refractivity contribution is 0.0734. The second-order valence-electron chi connectivity index (χ2n) is 6.81. The molecule has 5 heteroatoms. The first-order valence-corrected chi connectivity index (χ1v) is 9.84. The molecule has 0 amide bonds. The van der Waals surface area contributed by atoms with E-state index in [1.165, 1.54) is 0 Å². The van der Waals surface area contributed by atoms with Gasteiger partial charge < -0.3 is 9.47 Å². The summed E-state index contributed by atoms with van der Waals surface area (Å²) < 4.78 is 12.2. The molecule has 0 N–H and O–H groups in total.